The van der Waals surface area contributed by atoms with Crippen molar-refractivity contribution in [3.63, 3.8) is 0 Å². The Hall–Kier alpha value is -2.62. The van der Waals surface area contributed by atoms with E-state index >= 15 is 0 Å². The summed E-state index contributed by atoms with van der Waals surface area (Å²) in [5.41, 5.74) is 3.94. The molecule has 138 valence electrons. The molecule has 2 aromatic carbocycles. The lowest BCUT2D eigenvalue weighted by Crippen LogP contribution is -2.30. The van der Waals surface area contributed by atoms with Gasteiger partial charge in [0.1, 0.15) is 0 Å². The van der Waals surface area contributed by atoms with Crippen molar-refractivity contribution < 1.29 is 14.3 Å². The average molecular weight is 353 g/mol. The minimum atomic E-state index is -0.835. The van der Waals surface area contributed by atoms with Gasteiger partial charge >= 0.3 is 5.97 Å². The Morgan fingerprint density at radius 2 is 1.69 bits per heavy atom. The maximum atomic E-state index is 12.5. The highest BCUT2D eigenvalue weighted by Crippen LogP contribution is 2.27. The number of ether oxygens (including phenoxy) is 1. The predicted octanol–water partition coefficient (Wildman–Crippen LogP) is 4.62. The van der Waals surface area contributed by atoms with Crippen molar-refractivity contribution in [2.45, 2.75) is 52.6 Å². The molecule has 4 heteroatoms. The third-order valence-electron chi connectivity index (χ3n) is 4.31. The highest BCUT2D eigenvalue weighted by atomic mass is 16.5. The molecule has 0 saturated heterocycles. The third-order valence-corrected chi connectivity index (χ3v) is 4.31. The standard InChI is InChI=1S/C22H27NO3/c1-15(2)19-12-8-9-16(3)21(19)23-22(25)17(4)26-20(24)14-13-18-10-6-5-7-11-18/h5-12,15,17H,13-14H2,1-4H3,(H,23,25)/t17-/m0/s1. The van der Waals surface area contributed by atoms with E-state index in [2.05, 4.69) is 19.2 Å². The first-order chi connectivity index (χ1) is 12.4. The van der Waals surface area contributed by atoms with Crippen LogP contribution in [0.15, 0.2) is 48.5 Å². The van der Waals surface area contributed by atoms with E-state index in [9.17, 15) is 9.59 Å². The van der Waals surface area contributed by atoms with Gasteiger partial charge in [-0.25, -0.2) is 0 Å². The lowest BCUT2D eigenvalue weighted by Gasteiger charge is -2.19. The molecule has 1 N–H and O–H groups in total. The molecule has 0 aliphatic carbocycles. The number of para-hydroxylation sites is 1. The number of carbonyl (C=O) groups is 2. The number of hydrogen-bond acceptors (Lipinski definition) is 3. The van der Waals surface area contributed by atoms with Gasteiger partial charge in [0, 0.05) is 12.1 Å². The second-order valence-corrected chi connectivity index (χ2v) is 6.80. The number of nitrogens with one attached hydrogen (secondary N) is 1. The van der Waals surface area contributed by atoms with Crippen LogP contribution in [-0.4, -0.2) is 18.0 Å². The lowest BCUT2D eigenvalue weighted by molar-refractivity contribution is -0.153. The summed E-state index contributed by atoms with van der Waals surface area (Å²) in [6.07, 6.45) is 0.0184. The number of hydrogen-bond donors (Lipinski definition) is 1. The molecule has 0 spiro atoms. The SMILES string of the molecule is Cc1cccc(C(C)C)c1NC(=O)[C@H](C)OC(=O)CCc1ccccc1. The summed E-state index contributed by atoms with van der Waals surface area (Å²) in [6.45, 7) is 7.72. The molecule has 2 aromatic rings. The number of anilines is 1. The molecule has 26 heavy (non-hydrogen) atoms. The average Bonchev–Trinajstić information content (AvgIpc) is 2.62. The van der Waals surface area contributed by atoms with Crippen LogP contribution in [0.2, 0.25) is 0 Å². The van der Waals surface area contributed by atoms with E-state index in [0.717, 1.165) is 22.4 Å². The van der Waals surface area contributed by atoms with Gasteiger partial charge in [-0.1, -0.05) is 62.4 Å². The van der Waals surface area contributed by atoms with Crippen LogP contribution in [0.4, 0.5) is 5.69 Å². The maximum Gasteiger partial charge on any atom is 0.306 e. The lowest BCUT2D eigenvalue weighted by atomic mass is 9.98. The van der Waals surface area contributed by atoms with Gasteiger partial charge in [0.2, 0.25) is 0 Å². The quantitative estimate of drug-likeness (QED) is 0.739. The van der Waals surface area contributed by atoms with Crippen LogP contribution in [0.5, 0.6) is 0 Å². The molecular weight excluding hydrogens is 326 g/mol. The molecule has 0 saturated carbocycles. The Kier molecular flexibility index (Phi) is 6.96. The van der Waals surface area contributed by atoms with Gasteiger partial charge in [-0.3, -0.25) is 9.59 Å². The van der Waals surface area contributed by atoms with Gasteiger partial charge in [-0.05, 0) is 42.9 Å². The van der Waals surface area contributed by atoms with Crippen molar-refractivity contribution in [1.29, 1.82) is 0 Å². The van der Waals surface area contributed by atoms with Crippen molar-refractivity contribution in [1.82, 2.24) is 0 Å². The van der Waals surface area contributed by atoms with Crippen LogP contribution in [0.25, 0.3) is 0 Å². The first kappa shape index (κ1) is 19.7. The van der Waals surface area contributed by atoms with Crippen LogP contribution in [0.1, 0.15) is 49.8 Å². The number of carbonyl (C=O) groups excluding carboxylic acids is 2. The number of rotatable bonds is 7. The molecule has 1 amide bonds. The molecule has 4 nitrogen and oxygen atoms in total. The maximum absolute atomic E-state index is 12.5. The van der Waals surface area contributed by atoms with Crippen molar-refractivity contribution in [2.75, 3.05) is 5.32 Å². The molecule has 0 aliphatic rings. The normalized spacial score (nSPS) is 11.9. The Balaban J connectivity index is 1.92. The molecule has 0 radical (unpaired) electrons. The summed E-state index contributed by atoms with van der Waals surface area (Å²) in [5.74, 6) is -0.395. The summed E-state index contributed by atoms with van der Waals surface area (Å²) in [7, 11) is 0. The predicted molar refractivity (Wildman–Crippen MR) is 104 cm³/mol. The van der Waals surface area contributed by atoms with Gasteiger partial charge in [0.05, 0.1) is 0 Å². The molecule has 1 atom stereocenters. The highest BCUT2D eigenvalue weighted by molar-refractivity contribution is 5.96. The Labute approximate surface area is 155 Å². The zero-order valence-corrected chi connectivity index (χ0v) is 15.9. The summed E-state index contributed by atoms with van der Waals surface area (Å²) < 4.78 is 5.30. The van der Waals surface area contributed by atoms with Gasteiger partial charge in [-0.15, -0.1) is 0 Å². The van der Waals surface area contributed by atoms with Crippen LogP contribution < -0.4 is 5.32 Å². The first-order valence-electron chi connectivity index (χ1n) is 9.02. The molecular formula is C22H27NO3. The smallest absolute Gasteiger partial charge is 0.306 e. The number of amides is 1. The largest absolute Gasteiger partial charge is 0.453 e. The molecule has 0 aromatic heterocycles. The first-order valence-corrected chi connectivity index (χ1v) is 9.02. The topological polar surface area (TPSA) is 55.4 Å². The molecule has 0 aliphatic heterocycles. The van der Waals surface area contributed by atoms with E-state index < -0.39 is 6.10 Å². The van der Waals surface area contributed by atoms with E-state index in [1.807, 2.05) is 55.5 Å². The second kappa shape index (κ2) is 9.18. The van der Waals surface area contributed by atoms with E-state index in [0.29, 0.717) is 6.42 Å². The van der Waals surface area contributed by atoms with E-state index in [1.54, 1.807) is 6.92 Å². The minimum Gasteiger partial charge on any atom is -0.453 e. The van der Waals surface area contributed by atoms with Gasteiger partial charge in [-0.2, -0.15) is 0 Å². The zero-order chi connectivity index (χ0) is 19.1. The molecule has 2 rings (SSSR count). The Morgan fingerprint density at radius 1 is 1.00 bits per heavy atom. The zero-order valence-electron chi connectivity index (χ0n) is 15.9. The fourth-order valence-corrected chi connectivity index (χ4v) is 2.77. The van der Waals surface area contributed by atoms with Crippen LogP contribution in [0.3, 0.4) is 0 Å². The van der Waals surface area contributed by atoms with Gasteiger partial charge in [0.25, 0.3) is 5.91 Å². The van der Waals surface area contributed by atoms with Crippen LogP contribution >= 0.6 is 0 Å². The molecule has 0 heterocycles. The van der Waals surface area contributed by atoms with E-state index in [1.165, 1.54) is 0 Å². The fraction of sp³-hybridized carbons (Fsp3) is 0.364. The molecule has 0 fully saturated rings. The van der Waals surface area contributed by atoms with Gasteiger partial charge < -0.3 is 10.1 Å². The van der Waals surface area contributed by atoms with Crippen LogP contribution in [0, 0.1) is 6.92 Å². The fourth-order valence-electron chi connectivity index (χ4n) is 2.77. The van der Waals surface area contributed by atoms with E-state index in [4.69, 9.17) is 4.74 Å². The molecule has 0 unspecified atom stereocenters. The van der Waals surface area contributed by atoms with E-state index in [-0.39, 0.29) is 24.2 Å². The highest BCUT2D eigenvalue weighted by Gasteiger charge is 2.20. The van der Waals surface area contributed by atoms with Crippen molar-refractivity contribution in [2.24, 2.45) is 0 Å². The summed E-state index contributed by atoms with van der Waals surface area (Å²) in [4.78, 5) is 24.5. The van der Waals surface area contributed by atoms with Crippen molar-refractivity contribution in [3.05, 3.63) is 65.2 Å². The number of esters is 1. The number of benzene rings is 2. The van der Waals surface area contributed by atoms with Crippen LogP contribution in [-0.2, 0) is 20.7 Å². The Bertz CT molecular complexity index is 753. The summed E-state index contributed by atoms with van der Waals surface area (Å²) >= 11 is 0. The summed E-state index contributed by atoms with van der Waals surface area (Å²) in [6, 6.07) is 15.7. The summed E-state index contributed by atoms with van der Waals surface area (Å²) in [5, 5.41) is 2.92. The van der Waals surface area contributed by atoms with Crippen molar-refractivity contribution >= 4 is 17.6 Å². The second-order valence-electron chi connectivity index (χ2n) is 6.80. The monoisotopic (exact) mass is 353 g/mol. The number of aryl methyl sites for hydroxylation is 2. The minimum absolute atomic E-state index is 0.253. The third kappa shape index (κ3) is 5.45. The Morgan fingerprint density at radius 3 is 2.35 bits per heavy atom. The van der Waals surface area contributed by atoms with Crippen molar-refractivity contribution in [3.8, 4) is 0 Å². The molecule has 0 bridgehead atoms. The van der Waals surface area contributed by atoms with Gasteiger partial charge in [0.15, 0.2) is 6.10 Å².